The van der Waals surface area contributed by atoms with Crippen molar-refractivity contribution < 1.29 is 16.8 Å². The second kappa shape index (κ2) is 13.4. The van der Waals surface area contributed by atoms with Gasteiger partial charge in [0.1, 0.15) is 22.7 Å². The maximum atomic E-state index is 12.4. The highest BCUT2D eigenvalue weighted by Gasteiger charge is 2.18. The monoisotopic (exact) mass is 713 g/mol. The summed E-state index contributed by atoms with van der Waals surface area (Å²) >= 11 is 0. The minimum Gasteiger partial charge on any atom is -0.305 e. The van der Waals surface area contributed by atoms with Crippen LogP contribution < -0.4 is 16.3 Å². The fraction of sp³-hybridized carbons (Fsp3) is 0.267. The van der Waals surface area contributed by atoms with E-state index in [-0.39, 0.29) is 32.6 Å². The van der Waals surface area contributed by atoms with Crippen molar-refractivity contribution in [1.82, 2.24) is 39.5 Å². The Hall–Kier alpha value is -4.71. The Morgan fingerprint density at radius 3 is 1.54 bits per heavy atom. The fourth-order valence-corrected chi connectivity index (χ4v) is 6.55. The van der Waals surface area contributed by atoms with Gasteiger partial charge in [-0.1, -0.05) is 51.0 Å². The first-order valence-electron chi connectivity index (χ1n) is 14.7. The van der Waals surface area contributed by atoms with E-state index in [0.29, 0.717) is 46.0 Å². The Kier molecular flexibility index (Phi) is 9.68. The molecule has 0 bridgehead atoms. The highest BCUT2D eigenvalue weighted by Crippen LogP contribution is 2.24. The molecule has 252 valence electrons. The highest BCUT2D eigenvalue weighted by atomic mass is 35.7. The Bertz CT molecular complexity index is 2340. The largest absolute Gasteiger partial charge is 0.305 e. The van der Waals surface area contributed by atoms with Gasteiger partial charge >= 0.3 is 0 Å². The van der Waals surface area contributed by atoms with Crippen LogP contribution in [0, 0.1) is 0 Å². The summed E-state index contributed by atoms with van der Waals surface area (Å²) < 4.78 is 49.0. The lowest BCUT2D eigenvalue weighted by atomic mass is 10.2. The summed E-state index contributed by atoms with van der Waals surface area (Å²) in [7, 11) is 1.07. The van der Waals surface area contributed by atoms with Crippen molar-refractivity contribution in [1.29, 1.82) is 0 Å². The third-order valence-electron chi connectivity index (χ3n) is 7.32. The number of aromatic amines is 2. The lowest BCUT2D eigenvalue weighted by molar-refractivity contribution is 0.597. The number of sulfonamides is 1. The van der Waals surface area contributed by atoms with Gasteiger partial charge in [0.15, 0.2) is 11.0 Å². The molecule has 15 nitrogen and oxygen atoms in total. The van der Waals surface area contributed by atoms with Crippen molar-refractivity contribution in [3.8, 4) is 22.8 Å². The molecule has 2 aromatic carbocycles. The second-order valence-electron chi connectivity index (χ2n) is 10.9. The van der Waals surface area contributed by atoms with Gasteiger partial charge in [0, 0.05) is 35.9 Å². The number of fused-ring (bicyclic) bond motifs is 2. The van der Waals surface area contributed by atoms with Gasteiger partial charge in [-0.25, -0.2) is 31.9 Å². The number of halogens is 1. The molecule has 48 heavy (non-hydrogen) atoms. The van der Waals surface area contributed by atoms with Gasteiger partial charge in [0.25, 0.3) is 20.2 Å². The van der Waals surface area contributed by atoms with Crippen LogP contribution in [0.2, 0.25) is 0 Å². The van der Waals surface area contributed by atoms with Gasteiger partial charge in [0.2, 0.25) is 10.0 Å². The highest BCUT2D eigenvalue weighted by molar-refractivity contribution is 8.13. The first-order valence-corrected chi connectivity index (χ1v) is 18.6. The number of nitrogens with two attached hydrogens (primary N) is 1. The normalized spacial score (nSPS) is 12.0. The summed E-state index contributed by atoms with van der Waals surface area (Å²) in [4.78, 5) is 39.0. The molecule has 0 fully saturated rings. The molecule has 6 rings (SSSR count). The zero-order valence-corrected chi connectivity index (χ0v) is 28.7. The Balaban J connectivity index is 0.000000188. The molecule has 0 aliphatic heterocycles. The predicted octanol–water partition coefficient (Wildman–Crippen LogP) is 3.13. The lowest BCUT2D eigenvalue weighted by Crippen LogP contribution is -2.14. The molecule has 4 heterocycles. The number of hydrogen-bond acceptors (Lipinski definition) is 10. The van der Waals surface area contributed by atoms with E-state index < -0.39 is 19.1 Å². The molecule has 0 amide bonds. The van der Waals surface area contributed by atoms with Crippen LogP contribution in [0.15, 0.2) is 67.9 Å². The summed E-state index contributed by atoms with van der Waals surface area (Å²) in [6.45, 7) is 4.04. The van der Waals surface area contributed by atoms with Crippen LogP contribution in [0.3, 0.4) is 0 Å². The zero-order valence-electron chi connectivity index (χ0n) is 26.4. The zero-order chi connectivity index (χ0) is 35.0. The number of nitrogens with zero attached hydrogens (tertiary/aromatic N) is 6. The van der Waals surface area contributed by atoms with Gasteiger partial charge in [0.05, 0.1) is 21.2 Å². The molecule has 4 N–H and O–H groups in total. The van der Waals surface area contributed by atoms with Gasteiger partial charge in [-0.3, -0.25) is 19.0 Å². The summed E-state index contributed by atoms with van der Waals surface area (Å²) in [6, 6.07) is 12.0. The van der Waals surface area contributed by atoms with Crippen molar-refractivity contribution >= 4 is 51.8 Å². The van der Waals surface area contributed by atoms with Crippen molar-refractivity contribution in [2.75, 3.05) is 0 Å². The van der Waals surface area contributed by atoms with Crippen molar-refractivity contribution in [2.24, 2.45) is 19.2 Å². The molecule has 0 spiro atoms. The Labute approximate surface area is 279 Å². The summed E-state index contributed by atoms with van der Waals surface area (Å²) in [5, 5.41) is 13.9. The Morgan fingerprint density at radius 1 is 0.729 bits per heavy atom. The standard InChI is InChI=1S/C15H15ClN4O3S.C15H17N5O3S/c2*1-3-5-11-12-13(20(2)19-11)15(21)18-14(17-12)9-6-4-7-10(8-9)24(16,22)23/h4,6-8H,3,5H2,1-2H3,(H,17,18,21);4,6-8H,3,5H2,1-2H3,(H2,16,22,23)(H,17,18,21). The third-order valence-corrected chi connectivity index (χ3v) is 9.59. The Morgan fingerprint density at radius 2 is 1.15 bits per heavy atom. The van der Waals surface area contributed by atoms with E-state index in [1.807, 2.05) is 13.8 Å². The number of rotatable bonds is 8. The lowest BCUT2D eigenvalue weighted by Gasteiger charge is -2.04. The van der Waals surface area contributed by atoms with E-state index in [1.165, 1.54) is 33.6 Å². The number of primary sulfonamides is 1. The molecular weight excluding hydrogens is 682 g/mol. The van der Waals surface area contributed by atoms with E-state index in [9.17, 15) is 26.4 Å². The molecule has 6 aromatic rings. The van der Waals surface area contributed by atoms with Crippen LogP contribution in [0.4, 0.5) is 0 Å². The third kappa shape index (κ3) is 7.08. The molecule has 0 aliphatic rings. The molecule has 0 saturated carbocycles. The summed E-state index contributed by atoms with van der Waals surface area (Å²) in [5.41, 5.74) is 3.59. The second-order valence-corrected chi connectivity index (χ2v) is 15.0. The average molecular weight is 714 g/mol. The van der Waals surface area contributed by atoms with Crippen molar-refractivity contribution in [3.05, 3.63) is 80.6 Å². The van der Waals surface area contributed by atoms with Crippen molar-refractivity contribution in [2.45, 2.75) is 49.3 Å². The molecule has 0 saturated heterocycles. The molecule has 18 heteroatoms. The molecule has 0 aliphatic carbocycles. The number of benzene rings is 2. The quantitative estimate of drug-likeness (QED) is 0.196. The number of hydrogen-bond donors (Lipinski definition) is 3. The van der Waals surface area contributed by atoms with E-state index in [0.717, 1.165) is 24.2 Å². The number of aryl methyl sites for hydroxylation is 4. The minimum absolute atomic E-state index is 0.0392. The van der Waals surface area contributed by atoms with Crippen LogP contribution in [0.5, 0.6) is 0 Å². The van der Waals surface area contributed by atoms with Crippen LogP contribution in [0.1, 0.15) is 38.1 Å². The smallest absolute Gasteiger partial charge is 0.277 e. The first kappa shape index (κ1) is 34.6. The van der Waals surface area contributed by atoms with Gasteiger partial charge < -0.3 is 9.97 Å². The van der Waals surface area contributed by atoms with E-state index in [4.69, 9.17) is 15.8 Å². The van der Waals surface area contributed by atoms with E-state index in [1.54, 1.807) is 38.4 Å². The average Bonchev–Trinajstić information content (AvgIpc) is 3.52. The first-order chi connectivity index (χ1) is 22.6. The molecule has 0 radical (unpaired) electrons. The van der Waals surface area contributed by atoms with Gasteiger partial charge in [-0.05, 0) is 37.1 Å². The topological polar surface area (TPSA) is 221 Å². The van der Waals surface area contributed by atoms with Crippen LogP contribution >= 0.6 is 10.7 Å². The summed E-state index contributed by atoms with van der Waals surface area (Å²) in [5.74, 6) is 0.559. The number of nitrogens with one attached hydrogen (secondary N) is 2. The predicted molar refractivity (Wildman–Crippen MR) is 182 cm³/mol. The molecule has 0 unspecified atom stereocenters. The maximum Gasteiger partial charge on any atom is 0.277 e. The van der Waals surface area contributed by atoms with E-state index >= 15 is 0 Å². The van der Waals surface area contributed by atoms with Crippen LogP contribution in [-0.2, 0) is 46.0 Å². The van der Waals surface area contributed by atoms with Crippen molar-refractivity contribution in [3.63, 3.8) is 0 Å². The van der Waals surface area contributed by atoms with Crippen LogP contribution in [0.25, 0.3) is 44.8 Å². The molecular formula is C30H32ClN9O6S2. The number of H-pyrrole nitrogens is 2. The number of aromatic nitrogens is 8. The molecule has 4 aromatic heterocycles. The summed E-state index contributed by atoms with van der Waals surface area (Å²) in [6.07, 6.45) is 3.14. The van der Waals surface area contributed by atoms with Gasteiger partial charge in [-0.15, -0.1) is 0 Å². The van der Waals surface area contributed by atoms with Crippen LogP contribution in [-0.4, -0.2) is 56.3 Å². The fourth-order valence-electron chi connectivity index (χ4n) is 5.19. The maximum absolute atomic E-state index is 12.4. The van der Waals surface area contributed by atoms with Gasteiger partial charge in [-0.2, -0.15) is 10.2 Å². The minimum atomic E-state index is -3.86. The molecule has 0 atom stereocenters. The SMILES string of the molecule is CCCc1nn(C)c2c(=O)[nH]c(-c3cccc(S(=O)(=O)Cl)c3)nc12.CCCc1nn(C)c2c(=O)[nH]c(-c3cccc(S(N)(=O)=O)c3)nc12. The van der Waals surface area contributed by atoms with E-state index in [2.05, 4.69) is 30.1 Å².